The van der Waals surface area contributed by atoms with Gasteiger partial charge in [-0.25, -0.2) is 0 Å². The maximum absolute atomic E-state index is 5.47. The molecule has 1 aliphatic heterocycles. The number of nitrogens with zero attached hydrogens (tertiary/aromatic N) is 1. The van der Waals surface area contributed by atoms with Gasteiger partial charge in [-0.3, -0.25) is 0 Å². The Morgan fingerprint density at radius 3 is 2.76 bits per heavy atom. The molecule has 0 spiro atoms. The second kappa shape index (κ2) is 7.28. The minimum Gasteiger partial charge on any atom is -0.496 e. The fourth-order valence-electron chi connectivity index (χ4n) is 3.37. The van der Waals surface area contributed by atoms with Crippen LogP contribution in [0, 0.1) is 5.41 Å². The van der Waals surface area contributed by atoms with Crippen LogP contribution in [0.15, 0.2) is 24.3 Å². The first-order chi connectivity index (χ1) is 10.1. The van der Waals surface area contributed by atoms with Crippen molar-refractivity contribution < 1.29 is 4.74 Å². The van der Waals surface area contributed by atoms with E-state index in [-0.39, 0.29) is 0 Å². The lowest BCUT2D eigenvalue weighted by atomic mass is 9.83. The monoisotopic (exact) mass is 290 g/mol. The summed E-state index contributed by atoms with van der Waals surface area (Å²) in [6, 6.07) is 8.88. The molecule has 0 amide bonds. The summed E-state index contributed by atoms with van der Waals surface area (Å²) in [5, 5.41) is 3.53. The molecule has 0 saturated carbocycles. The molecule has 2 atom stereocenters. The topological polar surface area (TPSA) is 24.5 Å². The van der Waals surface area contributed by atoms with Gasteiger partial charge < -0.3 is 15.0 Å². The van der Waals surface area contributed by atoms with Gasteiger partial charge in [-0.1, -0.05) is 25.1 Å². The van der Waals surface area contributed by atoms with Crippen LogP contribution in [0.25, 0.3) is 0 Å². The number of ether oxygens (including phenoxy) is 1. The van der Waals surface area contributed by atoms with Gasteiger partial charge in [-0.2, -0.15) is 0 Å². The smallest absolute Gasteiger partial charge is 0.122 e. The van der Waals surface area contributed by atoms with E-state index in [9.17, 15) is 0 Å². The minimum absolute atomic E-state index is 0.462. The molecule has 1 aliphatic rings. The molecular weight excluding hydrogens is 260 g/mol. The normalized spacial score (nSPS) is 23.5. The van der Waals surface area contributed by atoms with Crippen molar-refractivity contribution in [2.24, 2.45) is 5.41 Å². The van der Waals surface area contributed by atoms with E-state index in [2.05, 4.69) is 49.3 Å². The van der Waals surface area contributed by atoms with Crippen molar-refractivity contribution in [1.29, 1.82) is 0 Å². The molecule has 1 fully saturated rings. The van der Waals surface area contributed by atoms with Crippen LogP contribution in [0.5, 0.6) is 5.75 Å². The number of methoxy groups -OCH3 is 1. The van der Waals surface area contributed by atoms with E-state index in [1.165, 1.54) is 31.5 Å². The van der Waals surface area contributed by atoms with Crippen molar-refractivity contribution in [1.82, 2.24) is 10.2 Å². The number of benzene rings is 1. The first kappa shape index (κ1) is 16.3. The standard InChI is InChI=1S/C18H30N2O/c1-5-18(10-11-19-13-18)14-20(3)15(2)12-16-8-6-7-9-17(16)21-4/h6-9,15,19H,5,10-14H2,1-4H3. The lowest BCUT2D eigenvalue weighted by Gasteiger charge is -2.35. The molecule has 2 unspecified atom stereocenters. The predicted octanol–water partition coefficient (Wildman–Crippen LogP) is 2.95. The van der Waals surface area contributed by atoms with Crippen LogP contribution in [-0.2, 0) is 6.42 Å². The van der Waals surface area contributed by atoms with Gasteiger partial charge in [0.05, 0.1) is 7.11 Å². The Balaban J connectivity index is 1.97. The van der Waals surface area contributed by atoms with Gasteiger partial charge in [-0.15, -0.1) is 0 Å². The zero-order valence-electron chi connectivity index (χ0n) is 14.0. The zero-order chi connectivity index (χ0) is 15.3. The van der Waals surface area contributed by atoms with E-state index in [0.717, 1.165) is 18.7 Å². The number of para-hydroxylation sites is 1. The van der Waals surface area contributed by atoms with Crippen molar-refractivity contribution in [3.63, 3.8) is 0 Å². The summed E-state index contributed by atoms with van der Waals surface area (Å²) in [5.74, 6) is 1.01. The Hall–Kier alpha value is -1.06. The highest BCUT2D eigenvalue weighted by atomic mass is 16.5. The molecule has 1 aromatic rings. The second-order valence-electron chi connectivity index (χ2n) is 6.56. The molecule has 1 N–H and O–H groups in total. The molecule has 118 valence electrons. The van der Waals surface area contributed by atoms with Crippen molar-refractivity contribution in [2.45, 2.75) is 39.2 Å². The number of likely N-dealkylation sites (N-methyl/N-ethyl adjacent to an activating group) is 1. The van der Waals surface area contributed by atoms with Crippen LogP contribution in [-0.4, -0.2) is 44.7 Å². The Labute approximate surface area is 129 Å². The quantitative estimate of drug-likeness (QED) is 0.835. The Bertz CT molecular complexity index is 441. The van der Waals surface area contributed by atoms with Crippen LogP contribution < -0.4 is 10.1 Å². The molecule has 3 heteroatoms. The number of hydrogen-bond acceptors (Lipinski definition) is 3. The third-order valence-corrected chi connectivity index (χ3v) is 5.13. The molecule has 2 rings (SSSR count). The lowest BCUT2D eigenvalue weighted by molar-refractivity contribution is 0.149. The van der Waals surface area contributed by atoms with Gasteiger partial charge in [-0.05, 0) is 56.8 Å². The first-order valence-electron chi connectivity index (χ1n) is 8.13. The van der Waals surface area contributed by atoms with E-state index in [1.807, 2.05) is 6.07 Å². The van der Waals surface area contributed by atoms with Gasteiger partial charge in [0.2, 0.25) is 0 Å². The maximum atomic E-state index is 5.47. The Morgan fingerprint density at radius 2 is 2.14 bits per heavy atom. The molecule has 0 aliphatic carbocycles. The zero-order valence-corrected chi connectivity index (χ0v) is 14.0. The van der Waals surface area contributed by atoms with Gasteiger partial charge >= 0.3 is 0 Å². The average molecular weight is 290 g/mol. The first-order valence-corrected chi connectivity index (χ1v) is 8.13. The summed E-state index contributed by atoms with van der Waals surface area (Å²) < 4.78 is 5.47. The van der Waals surface area contributed by atoms with E-state index < -0.39 is 0 Å². The molecule has 0 aromatic heterocycles. The van der Waals surface area contributed by atoms with Gasteiger partial charge in [0.25, 0.3) is 0 Å². The van der Waals surface area contributed by atoms with Crippen LogP contribution in [0.1, 0.15) is 32.3 Å². The summed E-state index contributed by atoms with van der Waals surface area (Å²) >= 11 is 0. The largest absolute Gasteiger partial charge is 0.496 e. The third kappa shape index (κ3) is 3.98. The molecule has 1 aromatic carbocycles. The average Bonchev–Trinajstić information content (AvgIpc) is 2.96. The van der Waals surface area contributed by atoms with E-state index in [0.29, 0.717) is 11.5 Å². The van der Waals surface area contributed by atoms with Crippen LogP contribution >= 0.6 is 0 Å². The van der Waals surface area contributed by atoms with Crippen molar-refractivity contribution in [3.8, 4) is 5.75 Å². The summed E-state index contributed by atoms with van der Waals surface area (Å²) in [4.78, 5) is 2.52. The number of hydrogen-bond donors (Lipinski definition) is 1. The molecule has 1 saturated heterocycles. The molecule has 0 radical (unpaired) electrons. The summed E-state index contributed by atoms with van der Waals surface area (Å²) in [7, 11) is 4.01. The SMILES string of the molecule is CCC1(CN(C)C(C)Cc2ccccc2OC)CCNC1. The van der Waals surface area contributed by atoms with E-state index in [4.69, 9.17) is 4.74 Å². The molecule has 1 heterocycles. The number of nitrogens with one attached hydrogen (secondary N) is 1. The lowest BCUT2D eigenvalue weighted by Crippen LogP contribution is -2.41. The summed E-state index contributed by atoms with van der Waals surface area (Å²) in [6.45, 7) is 8.15. The van der Waals surface area contributed by atoms with Crippen LogP contribution in [0.3, 0.4) is 0 Å². The highest BCUT2D eigenvalue weighted by Gasteiger charge is 2.33. The van der Waals surface area contributed by atoms with Gasteiger partial charge in [0.1, 0.15) is 5.75 Å². The molecule has 3 nitrogen and oxygen atoms in total. The summed E-state index contributed by atoms with van der Waals surface area (Å²) in [6.07, 6.45) is 3.59. The van der Waals surface area contributed by atoms with Gasteiger partial charge in [0.15, 0.2) is 0 Å². The van der Waals surface area contributed by atoms with Gasteiger partial charge in [0, 0.05) is 19.1 Å². The van der Waals surface area contributed by atoms with Crippen molar-refractivity contribution in [2.75, 3.05) is 33.8 Å². The third-order valence-electron chi connectivity index (χ3n) is 5.13. The summed E-state index contributed by atoms with van der Waals surface area (Å²) in [5.41, 5.74) is 1.76. The van der Waals surface area contributed by atoms with Crippen LogP contribution in [0.4, 0.5) is 0 Å². The predicted molar refractivity (Wildman–Crippen MR) is 89.0 cm³/mol. The Kier molecular flexibility index (Phi) is 5.65. The fraction of sp³-hybridized carbons (Fsp3) is 0.667. The minimum atomic E-state index is 0.462. The fourth-order valence-corrected chi connectivity index (χ4v) is 3.37. The maximum Gasteiger partial charge on any atom is 0.122 e. The van der Waals surface area contributed by atoms with E-state index in [1.54, 1.807) is 7.11 Å². The highest BCUT2D eigenvalue weighted by Crippen LogP contribution is 2.31. The number of rotatable bonds is 7. The van der Waals surface area contributed by atoms with E-state index >= 15 is 0 Å². The van der Waals surface area contributed by atoms with Crippen LogP contribution in [0.2, 0.25) is 0 Å². The molecule has 0 bridgehead atoms. The van der Waals surface area contributed by atoms with Crippen molar-refractivity contribution >= 4 is 0 Å². The second-order valence-corrected chi connectivity index (χ2v) is 6.56. The molecule has 21 heavy (non-hydrogen) atoms. The Morgan fingerprint density at radius 1 is 1.38 bits per heavy atom. The highest BCUT2D eigenvalue weighted by molar-refractivity contribution is 5.33. The van der Waals surface area contributed by atoms with Crippen molar-refractivity contribution in [3.05, 3.63) is 29.8 Å². The molecular formula is C18H30N2O.